The summed E-state index contributed by atoms with van der Waals surface area (Å²) in [6, 6.07) is 27.7. The van der Waals surface area contributed by atoms with Crippen molar-refractivity contribution in [3.05, 3.63) is 125 Å². The summed E-state index contributed by atoms with van der Waals surface area (Å²) in [6.45, 7) is 0. The van der Waals surface area contributed by atoms with E-state index in [1.165, 1.54) is 24.3 Å². The molecule has 1 aliphatic rings. The van der Waals surface area contributed by atoms with Gasteiger partial charge in [-0.25, -0.2) is 9.07 Å². The van der Waals surface area contributed by atoms with Crippen molar-refractivity contribution in [2.75, 3.05) is 17.7 Å². The first-order valence-electron chi connectivity index (χ1n) is 14.3. The van der Waals surface area contributed by atoms with Crippen LogP contribution in [0.4, 0.5) is 15.8 Å². The molecule has 2 N–H and O–H groups in total. The molecule has 10 heteroatoms. The van der Waals surface area contributed by atoms with Crippen LogP contribution in [0.25, 0.3) is 27.9 Å². The van der Waals surface area contributed by atoms with Crippen molar-refractivity contribution in [2.24, 2.45) is 5.92 Å². The monoisotopic (exact) mass is 620 g/mol. The number of aromatic nitrogens is 2. The second-order valence-electron chi connectivity index (χ2n) is 10.8. The lowest BCUT2D eigenvalue weighted by Gasteiger charge is -2.08. The van der Waals surface area contributed by atoms with Crippen molar-refractivity contribution in [3.63, 3.8) is 0 Å². The smallest absolute Gasteiger partial charge is 0.293 e. The highest BCUT2D eigenvalue weighted by atomic mass is 35.5. The zero-order valence-corrected chi connectivity index (χ0v) is 24.7. The number of nitrogens with zero attached hydrogens (tertiary/aromatic N) is 2. The second-order valence-corrected chi connectivity index (χ2v) is 11.2. The van der Waals surface area contributed by atoms with E-state index >= 15 is 0 Å². The molecule has 2 heterocycles. The number of fused-ring (bicyclic) bond motifs is 1. The summed E-state index contributed by atoms with van der Waals surface area (Å²) in [5.41, 5.74) is 4.44. The van der Waals surface area contributed by atoms with Crippen LogP contribution in [0.2, 0.25) is 5.02 Å². The van der Waals surface area contributed by atoms with Gasteiger partial charge in [0, 0.05) is 40.2 Å². The fraction of sp³-hybridized carbons (Fsp3) is 0.114. The Morgan fingerprint density at radius 3 is 2.49 bits per heavy atom. The van der Waals surface area contributed by atoms with Crippen molar-refractivity contribution < 1.29 is 23.1 Å². The number of furan rings is 1. The van der Waals surface area contributed by atoms with Crippen LogP contribution in [-0.4, -0.2) is 28.7 Å². The van der Waals surface area contributed by atoms with E-state index in [1.54, 1.807) is 42.1 Å². The van der Waals surface area contributed by atoms with E-state index < -0.39 is 11.7 Å². The van der Waals surface area contributed by atoms with Gasteiger partial charge in [-0.1, -0.05) is 41.9 Å². The molecule has 1 saturated carbocycles. The number of nitrogens with one attached hydrogen (secondary N) is 2. The van der Waals surface area contributed by atoms with Gasteiger partial charge in [-0.3, -0.25) is 9.59 Å². The molecular weight excluding hydrogens is 595 g/mol. The van der Waals surface area contributed by atoms with E-state index in [0.29, 0.717) is 33.8 Å². The summed E-state index contributed by atoms with van der Waals surface area (Å²) >= 11 is 6.47. The van der Waals surface area contributed by atoms with Gasteiger partial charge in [0.1, 0.15) is 22.8 Å². The van der Waals surface area contributed by atoms with E-state index in [4.69, 9.17) is 25.9 Å². The Labute approximate surface area is 262 Å². The Morgan fingerprint density at radius 1 is 0.978 bits per heavy atom. The molecule has 0 bridgehead atoms. The average Bonchev–Trinajstić information content (AvgIpc) is 3.60. The Balaban J connectivity index is 1.19. The molecule has 45 heavy (non-hydrogen) atoms. The number of hydrogen-bond donors (Lipinski definition) is 2. The van der Waals surface area contributed by atoms with Crippen molar-refractivity contribution in [2.45, 2.75) is 12.3 Å². The maximum Gasteiger partial charge on any atom is 0.293 e. The Morgan fingerprint density at radius 2 is 1.73 bits per heavy atom. The number of halogens is 2. The minimum absolute atomic E-state index is 0.0449. The van der Waals surface area contributed by atoms with Gasteiger partial charge in [0.15, 0.2) is 0 Å². The molecule has 0 radical (unpaired) electrons. The third-order valence-electron chi connectivity index (χ3n) is 7.87. The molecule has 2 atom stereocenters. The molecule has 8 nitrogen and oxygen atoms in total. The minimum Gasteiger partial charge on any atom is -0.495 e. The number of carbonyl (C=O) groups is 2. The summed E-state index contributed by atoms with van der Waals surface area (Å²) in [6.07, 6.45) is 2.55. The number of hydrogen-bond acceptors (Lipinski definition) is 5. The third-order valence-corrected chi connectivity index (χ3v) is 8.16. The van der Waals surface area contributed by atoms with Gasteiger partial charge < -0.3 is 19.8 Å². The molecule has 7 rings (SSSR count). The van der Waals surface area contributed by atoms with Crippen molar-refractivity contribution in [1.82, 2.24) is 9.78 Å². The van der Waals surface area contributed by atoms with Crippen LogP contribution in [-0.2, 0) is 4.79 Å². The van der Waals surface area contributed by atoms with E-state index in [2.05, 4.69) is 10.6 Å². The highest BCUT2D eigenvalue weighted by Gasteiger charge is 2.46. The molecule has 1 fully saturated rings. The van der Waals surface area contributed by atoms with Crippen LogP contribution < -0.4 is 15.4 Å². The quantitative estimate of drug-likeness (QED) is 0.179. The predicted molar refractivity (Wildman–Crippen MR) is 171 cm³/mol. The number of benzene rings is 4. The molecular formula is C35H26ClFN4O4. The summed E-state index contributed by atoms with van der Waals surface area (Å²) < 4.78 is 26.4. The zero-order valence-electron chi connectivity index (χ0n) is 24.0. The van der Waals surface area contributed by atoms with Crippen LogP contribution >= 0.6 is 11.6 Å². The first-order chi connectivity index (χ1) is 21.9. The molecule has 2 amide bonds. The Bertz CT molecular complexity index is 2060. The summed E-state index contributed by atoms with van der Waals surface area (Å²) in [7, 11) is 1.56. The highest BCUT2D eigenvalue weighted by molar-refractivity contribution is 6.32. The van der Waals surface area contributed by atoms with Gasteiger partial charge in [-0.15, -0.1) is 0 Å². The SMILES string of the molecule is COc1ccc(-c2nn(-c3ccccc3)cc2C2CC2C(=O)Nc2c(C(=O)Nc3ccc(F)cc3)oc3ccccc23)cc1Cl. The lowest BCUT2D eigenvalue weighted by molar-refractivity contribution is -0.117. The summed E-state index contributed by atoms with van der Waals surface area (Å²) in [4.78, 5) is 27.0. The van der Waals surface area contributed by atoms with Gasteiger partial charge in [0.05, 0.1) is 23.5 Å². The van der Waals surface area contributed by atoms with Crippen LogP contribution in [0.1, 0.15) is 28.5 Å². The number of amides is 2. The molecule has 6 aromatic rings. The predicted octanol–water partition coefficient (Wildman–Crippen LogP) is 8.08. The number of ether oxygens (including phenoxy) is 1. The Kier molecular flexibility index (Phi) is 7.31. The van der Waals surface area contributed by atoms with E-state index in [9.17, 15) is 14.0 Å². The fourth-order valence-electron chi connectivity index (χ4n) is 5.50. The normalized spacial score (nSPS) is 15.5. The molecule has 0 spiro atoms. The fourth-order valence-corrected chi connectivity index (χ4v) is 5.76. The van der Waals surface area contributed by atoms with Gasteiger partial charge in [0.2, 0.25) is 11.7 Å². The molecule has 0 aliphatic heterocycles. The highest BCUT2D eigenvalue weighted by Crippen LogP contribution is 2.51. The largest absolute Gasteiger partial charge is 0.495 e. The van der Waals surface area contributed by atoms with Crippen molar-refractivity contribution in [1.29, 1.82) is 0 Å². The van der Waals surface area contributed by atoms with Gasteiger partial charge in [0.25, 0.3) is 5.91 Å². The van der Waals surface area contributed by atoms with Gasteiger partial charge in [-0.2, -0.15) is 5.10 Å². The topological polar surface area (TPSA) is 98.4 Å². The molecule has 4 aromatic carbocycles. The third kappa shape index (κ3) is 5.54. The summed E-state index contributed by atoms with van der Waals surface area (Å²) in [5.74, 6) is -1.20. The molecule has 0 saturated heterocycles. The molecule has 2 aromatic heterocycles. The van der Waals surface area contributed by atoms with Gasteiger partial charge in [-0.05, 0) is 73.2 Å². The lowest BCUT2D eigenvalue weighted by Crippen LogP contribution is -2.18. The number of methoxy groups -OCH3 is 1. The first-order valence-corrected chi connectivity index (χ1v) is 14.7. The van der Waals surface area contributed by atoms with Crippen LogP contribution in [0.15, 0.2) is 108 Å². The van der Waals surface area contributed by atoms with E-state index in [0.717, 1.165) is 22.5 Å². The Hall–Kier alpha value is -5.41. The molecule has 224 valence electrons. The molecule has 1 aliphatic carbocycles. The van der Waals surface area contributed by atoms with Crippen LogP contribution in [0.3, 0.4) is 0 Å². The number of anilines is 2. The van der Waals surface area contributed by atoms with E-state index in [1.807, 2.05) is 48.7 Å². The molecule has 2 unspecified atom stereocenters. The van der Waals surface area contributed by atoms with Crippen LogP contribution in [0, 0.1) is 11.7 Å². The van der Waals surface area contributed by atoms with E-state index in [-0.39, 0.29) is 29.2 Å². The number of rotatable bonds is 8. The number of para-hydroxylation sites is 2. The average molecular weight is 621 g/mol. The lowest BCUT2D eigenvalue weighted by atomic mass is 10.0. The van der Waals surface area contributed by atoms with Crippen LogP contribution in [0.5, 0.6) is 5.75 Å². The standard InChI is InChI=1S/C35H26ClFN4O4/c1-44-30-16-11-20(17-28(30)36)31-27(19-41(40-31)23-7-3-2-4-8-23)25-18-26(25)34(42)39-32-24-9-5-6-10-29(24)45-33(32)35(43)38-22-14-12-21(37)13-15-22/h2-17,19,25-26H,18H2,1H3,(H,38,43)(H,39,42). The second kappa shape index (κ2) is 11.6. The zero-order chi connectivity index (χ0) is 31.1. The van der Waals surface area contributed by atoms with Crippen molar-refractivity contribution >= 4 is 45.8 Å². The summed E-state index contributed by atoms with van der Waals surface area (Å²) in [5, 5.41) is 11.6. The first kappa shape index (κ1) is 28.4. The number of carbonyl (C=O) groups excluding carboxylic acids is 2. The van der Waals surface area contributed by atoms with Gasteiger partial charge >= 0.3 is 0 Å². The maximum atomic E-state index is 13.7. The maximum absolute atomic E-state index is 13.7. The van der Waals surface area contributed by atoms with Crippen molar-refractivity contribution in [3.8, 4) is 22.7 Å². The minimum atomic E-state index is -0.566.